The van der Waals surface area contributed by atoms with Gasteiger partial charge in [0.05, 0.1) is 50.0 Å². The van der Waals surface area contributed by atoms with Crippen LogP contribution in [0.3, 0.4) is 0 Å². The van der Waals surface area contributed by atoms with Crippen LogP contribution in [0.15, 0.2) is 9.69 Å². The molecule has 26 heavy (non-hydrogen) atoms. The van der Waals surface area contributed by atoms with Crippen molar-refractivity contribution in [1.29, 1.82) is 0 Å². The summed E-state index contributed by atoms with van der Waals surface area (Å²) in [6, 6.07) is -0.391. The van der Waals surface area contributed by atoms with E-state index in [-0.39, 0.29) is 38.0 Å². The van der Waals surface area contributed by atoms with Crippen molar-refractivity contribution in [3.8, 4) is 0 Å². The molecule has 1 aromatic heterocycles. The fraction of sp³-hybridized carbons (Fsp3) is 0.429. The number of fused-ring (bicyclic) bond motifs is 2. The Morgan fingerprint density at radius 2 is 2.00 bits per heavy atom. The molecule has 0 amide bonds. The number of aromatic nitrogens is 2. The molecule has 12 heteroatoms. The molecular formula is C14H12ClFI2N4O3S. The van der Waals surface area contributed by atoms with Gasteiger partial charge in [0, 0.05) is 48.1 Å². The van der Waals surface area contributed by atoms with E-state index in [4.69, 9.17) is 11.6 Å². The predicted molar refractivity (Wildman–Crippen MR) is 114 cm³/mol. The Kier molecular flexibility index (Phi) is 4.69. The largest absolute Gasteiger partial charge is 0.359 e. The minimum Gasteiger partial charge on any atom is -0.349 e. The molecule has 4 rings (SSSR count). The van der Waals surface area contributed by atoms with E-state index in [1.165, 1.54) is 6.92 Å². The van der Waals surface area contributed by atoms with Crippen LogP contribution in [0.2, 0.25) is 5.02 Å². The van der Waals surface area contributed by atoms with Gasteiger partial charge < -0.3 is 4.90 Å². The standard InChI is InChI=1S/C14H12ClFI2N4O3S/c1-6-9(15)12-8-11(10(6)16)22(18)14(23)19-13(8)21-3-2-20(17)4-7(21)5-26(12,24)25/h7H,2-5H2,1H3. The van der Waals surface area contributed by atoms with Crippen LogP contribution >= 0.6 is 57.3 Å². The lowest BCUT2D eigenvalue weighted by molar-refractivity contribution is 0.398. The van der Waals surface area contributed by atoms with E-state index in [0.29, 0.717) is 19.6 Å². The van der Waals surface area contributed by atoms with Crippen LogP contribution in [0.4, 0.5) is 10.2 Å². The average molecular weight is 625 g/mol. The normalized spacial score (nSPS) is 22.3. The molecule has 7 nitrogen and oxygen atoms in total. The number of anilines is 1. The van der Waals surface area contributed by atoms with Crippen molar-refractivity contribution in [2.75, 3.05) is 30.3 Å². The SMILES string of the molecule is Cc1c(Cl)c2c3c(nc(=O)n(I)c3c1F)N1CCN(I)CC1CS2(=O)=O. The minimum atomic E-state index is -3.81. The van der Waals surface area contributed by atoms with E-state index < -0.39 is 27.4 Å². The molecule has 3 heterocycles. The van der Waals surface area contributed by atoms with Crippen LogP contribution in [0, 0.1) is 12.7 Å². The first-order chi connectivity index (χ1) is 12.1. The average Bonchev–Trinajstić information content (AvgIpc) is 2.64. The van der Waals surface area contributed by atoms with Gasteiger partial charge in [-0.1, -0.05) is 11.6 Å². The second-order valence-corrected chi connectivity index (χ2v) is 11.0. The lowest BCUT2D eigenvalue weighted by Crippen LogP contribution is -2.53. The molecule has 0 radical (unpaired) electrons. The molecule has 1 fully saturated rings. The summed E-state index contributed by atoms with van der Waals surface area (Å²) in [5.74, 6) is -0.674. The summed E-state index contributed by atoms with van der Waals surface area (Å²) in [4.78, 5) is 18.1. The number of halogens is 4. The zero-order valence-corrected chi connectivity index (χ0v) is 19.2. The number of hydrogen-bond acceptors (Lipinski definition) is 6. The third-order valence-electron chi connectivity index (χ3n) is 4.75. The van der Waals surface area contributed by atoms with Gasteiger partial charge in [-0.05, 0) is 6.92 Å². The Hall–Kier alpha value is -0.250. The molecule has 0 saturated carbocycles. The number of nitrogens with zero attached hydrogens (tertiary/aromatic N) is 4. The van der Waals surface area contributed by atoms with Gasteiger partial charge in [-0.25, -0.2) is 23.5 Å². The van der Waals surface area contributed by atoms with E-state index in [2.05, 4.69) is 27.8 Å². The molecule has 1 unspecified atom stereocenters. The molecule has 1 atom stereocenters. The van der Waals surface area contributed by atoms with Crippen LogP contribution in [-0.4, -0.2) is 50.7 Å². The molecule has 1 aromatic carbocycles. The Balaban J connectivity index is 2.23. The summed E-state index contributed by atoms with van der Waals surface area (Å²) in [5.41, 5.74) is -0.719. The number of benzene rings is 1. The summed E-state index contributed by atoms with van der Waals surface area (Å²) in [6.07, 6.45) is 0. The maximum absolute atomic E-state index is 15.0. The summed E-state index contributed by atoms with van der Waals surface area (Å²) in [6.45, 7) is 3.06. The van der Waals surface area contributed by atoms with E-state index >= 15 is 0 Å². The first kappa shape index (κ1) is 19.1. The van der Waals surface area contributed by atoms with E-state index in [0.717, 1.165) is 2.78 Å². The molecule has 2 aliphatic heterocycles. The monoisotopic (exact) mass is 624 g/mol. The highest BCUT2D eigenvalue weighted by atomic mass is 127. The van der Waals surface area contributed by atoms with Gasteiger partial charge in [-0.3, -0.25) is 0 Å². The van der Waals surface area contributed by atoms with Crippen molar-refractivity contribution in [3.05, 3.63) is 26.9 Å². The molecule has 0 aliphatic carbocycles. The maximum atomic E-state index is 15.0. The third kappa shape index (κ3) is 2.68. The molecule has 1 saturated heterocycles. The number of piperazine rings is 1. The molecular weight excluding hydrogens is 613 g/mol. The van der Waals surface area contributed by atoms with E-state index in [1.54, 1.807) is 27.8 Å². The van der Waals surface area contributed by atoms with Crippen molar-refractivity contribution in [3.63, 3.8) is 0 Å². The van der Waals surface area contributed by atoms with Crippen LogP contribution in [0.25, 0.3) is 10.9 Å². The predicted octanol–water partition coefficient (Wildman–Crippen LogP) is 2.32. The second kappa shape index (κ2) is 6.39. The fourth-order valence-electron chi connectivity index (χ4n) is 3.52. The molecule has 2 aromatic rings. The second-order valence-electron chi connectivity index (χ2n) is 6.30. The van der Waals surface area contributed by atoms with Gasteiger partial charge in [0.15, 0.2) is 15.7 Å². The van der Waals surface area contributed by atoms with Gasteiger partial charge in [-0.15, -0.1) is 0 Å². The first-order valence-corrected chi connectivity index (χ1v) is 11.6. The smallest absolute Gasteiger partial charge is 0.349 e. The topological polar surface area (TPSA) is 75.5 Å². The third-order valence-corrected chi connectivity index (χ3v) is 8.96. The van der Waals surface area contributed by atoms with Crippen LogP contribution in [0.1, 0.15) is 5.56 Å². The minimum absolute atomic E-state index is 0.00935. The number of hydrogen-bond donors (Lipinski definition) is 0. The Labute approximate surface area is 181 Å². The molecule has 2 aliphatic rings. The van der Waals surface area contributed by atoms with Crippen molar-refractivity contribution in [1.82, 2.24) is 10.9 Å². The van der Waals surface area contributed by atoms with E-state index in [1.807, 2.05) is 3.11 Å². The van der Waals surface area contributed by atoms with Gasteiger partial charge in [-0.2, -0.15) is 4.98 Å². The van der Waals surface area contributed by atoms with Gasteiger partial charge >= 0.3 is 5.69 Å². The highest BCUT2D eigenvalue weighted by Gasteiger charge is 2.40. The Morgan fingerprint density at radius 1 is 1.31 bits per heavy atom. The quantitative estimate of drug-likeness (QED) is 0.255. The summed E-state index contributed by atoms with van der Waals surface area (Å²) in [5, 5.41) is -0.0456. The van der Waals surface area contributed by atoms with Crippen LogP contribution in [0.5, 0.6) is 0 Å². The zero-order valence-electron chi connectivity index (χ0n) is 13.3. The van der Waals surface area contributed by atoms with Crippen molar-refractivity contribution >= 4 is 83.9 Å². The maximum Gasteiger partial charge on any atom is 0.359 e. The lowest BCUT2D eigenvalue weighted by Gasteiger charge is -2.38. The van der Waals surface area contributed by atoms with E-state index in [9.17, 15) is 17.6 Å². The molecule has 0 spiro atoms. The Bertz CT molecular complexity index is 1120. The van der Waals surface area contributed by atoms with Crippen LogP contribution in [-0.2, 0) is 9.84 Å². The summed E-state index contributed by atoms with van der Waals surface area (Å²) in [7, 11) is -3.81. The van der Waals surface area contributed by atoms with Crippen molar-refractivity contribution in [2.24, 2.45) is 0 Å². The number of sulfone groups is 1. The van der Waals surface area contributed by atoms with Crippen molar-refractivity contribution < 1.29 is 12.8 Å². The first-order valence-electron chi connectivity index (χ1n) is 7.64. The van der Waals surface area contributed by atoms with Gasteiger partial charge in [0.25, 0.3) is 0 Å². The number of rotatable bonds is 0. The molecule has 0 N–H and O–H groups in total. The van der Waals surface area contributed by atoms with Gasteiger partial charge in [0.2, 0.25) is 0 Å². The highest BCUT2D eigenvalue weighted by Crippen LogP contribution is 2.43. The molecule has 0 bridgehead atoms. The summed E-state index contributed by atoms with van der Waals surface area (Å²) < 4.78 is 44.3. The lowest BCUT2D eigenvalue weighted by atomic mass is 10.1. The fourth-order valence-corrected chi connectivity index (χ4v) is 7.17. The molecule has 140 valence electrons. The summed E-state index contributed by atoms with van der Waals surface area (Å²) >= 11 is 10.1. The highest BCUT2D eigenvalue weighted by molar-refractivity contribution is 14.1. The zero-order chi connectivity index (χ0) is 19.0. The Morgan fingerprint density at radius 3 is 2.69 bits per heavy atom. The van der Waals surface area contributed by atoms with Gasteiger partial charge in [0.1, 0.15) is 11.3 Å². The van der Waals surface area contributed by atoms with Crippen molar-refractivity contribution in [2.45, 2.75) is 17.9 Å². The van der Waals surface area contributed by atoms with Crippen LogP contribution < -0.4 is 10.6 Å².